The molecule has 4 aromatic rings. The summed E-state index contributed by atoms with van der Waals surface area (Å²) in [6.45, 7) is 1.98. The van der Waals surface area contributed by atoms with E-state index in [1.165, 1.54) is 0 Å². The number of hydrogen-bond donors (Lipinski definition) is 1. The number of nitrogens with one attached hydrogen (secondary N) is 1. The van der Waals surface area contributed by atoms with Crippen LogP contribution in [0.5, 0.6) is 0 Å². The van der Waals surface area contributed by atoms with E-state index >= 15 is 0 Å². The van der Waals surface area contributed by atoms with Crippen LogP contribution in [0.15, 0.2) is 63.8 Å². The molecule has 4 rings (SSSR count). The molecule has 0 amide bonds. The molecule has 0 bridgehead atoms. The lowest BCUT2D eigenvalue weighted by atomic mass is 10.0. The highest BCUT2D eigenvalue weighted by Crippen LogP contribution is 2.33. The Kier molecular flexibility index (Phi) is 2.48. The van der Waals surface area contributed by atoms with Crippen LogP contribution in [0.3, 0.4) is 0 Å². The van der Waals surface area contributed by atoms with Gasteiger partial charge < -0.3 is 9.40 Å². The van der Waals surface area contributed by atoms with E-state index in [0.29, 0.717) is 11.0 Å². The summed E-state index contributed by atoms with van der Waals surface area (Å²) in [5, 5.41) is 1.55. The highest BCUT2D eigenvalue weighted by molar-refractivity contribution is 6.08. The predicted molar refractivity (Wildman–Crippen MR) is 84.5 cm³/mol. The number of benzene rings is 2. The molecule has 21 heavy (non-hydrogen) atoms. The summed E-state index contributed by atoms with van der Waals surface area (Å²) in [5.41, 5.74) is 4.06. The number of hydrogen-bond acceptors (Lipinski definition) is 2. The maximum atomic E-state index is 12.4. The zero-order valence-electron chi connectivity index (χ0n) is 11.5. The van der Waals surface area contributed by atoms with Crippen molar-refractivity contribution in [1.82, 2.24) is 4.98 Å². The van der Waals surface area contributed by atoms with E-state index in [0.717, 1.165) is 27.7 Å². The third-order valence-corrected chi connectivity index (χ3v) is 3.81. The highest BCUT2D eigenvalue weighted by atomic mass is 16.4. The van der Waals surface area contributed by atoms with Gasteiger partial charge in [-0.2, -0.15) is 0 Å². The Hall–Kier alpha value is -2.81. The maximum Gasteiger partial charge on any atom is 0.346 e. The fraction of sp³-hybridized carbons (Fsp3) is 0.0556. The Morgan fingerprint density at radius 1 is 0.952 bits per heavy atom. The summed E-state index contributed by atoms with van der Waals surface area (Å²) >= 11 is 0. The molecule has 102 valence electrons. The molecule has 0 aliphatic carbocycles. The third kappa shape index (κ3) is 1.71. The van der Waals surface area contributed by atoms with Crippen LogP contribution in [0, 0.1) is 6.92 Å². The normalized spacial score (nSPS) is 11.3. The molecule has 0 unspecified atom stereocenters. The molecule has 1 N–H and O–H groups in total. The molecule has 2 aromatic heterocycles. The zero-order valence-corrected chi connectivity index (χ0v) is 11.5. The standard InChI is InChI=1S/C18H13NO2/c1-11-15(12-7-3-2-4-8-12)16-17(19-11)13-9-5-6-10-14(13)21-18(16)20/h2-10,19H,1H3. The fourth-order valence-corrected chi connectivity index (χ4v) is 2.91. The molecular weight excluding hydrogens is 262 g/mol. The third-order valence-electron chi connectivity index (χ3n) is 3.81. The van der Waals surface area contributed by atoms with E-state index in [1.54, 1.807) is 0 Å². The second-order valence-corrected chi connectivity index (χ2v) is 5.13. The van der Waals surface area contributed by atoms with Crippen LogP contribution in [0.2, 0.25) is 0 Å². The summed E-state index contributed by atoms with van der Waals surface area (Å²) in [4.78, 5) is 15.8. The van der Waals surface area contributed by atoms with Gasteiger partial charge in [-0.1, -0.05) is 42.5 Å². The summed E-state index contributed by atoms with van der Waals surface area (Å²) in [6.07, 6.45) is 0. The van der Waals surface area contributed by atoms with Crippen LogP contribution >= 0.6 is 0 Å². The highest BCUT2D eigenvalue weighted by Gasteiger charge is 2.17. The summed E-state index contributed by atoms with van der Waals surface area (Å²) in [6, 6.07) is 17.5. The first kappa shape index (κ1) is 12.0. The number of rotatable bonds is 1. The van der Waals surface area contributed by atoms with Crippen molar-refractivity contribution >= 4 is 21.9 Å². The predicted octanol–water partition coefficient (Wildman–Crippen LogP) is 4.25. The number of fused-ring (bicyclic) bond motifs is 3. The van der Waals surface area contributed by atoms with E-state index in [-0.39, 0.29) is 5.63 Å². The van der Waals surface area contributed by atoms with Crippen molar-refractivity contribution in [3.05, 3.63) is 70.7 Å². The molecule has 0 aliphatic rings. The van der Waals surface area contributed by atoms with Crippen molar-refractivity contribution in [3.63, 3.8) is 0 Å². The molecule has 0 aliphatic heterocycles. The largest absolute Gasteiger partial charge is 0.422 e. The van der Waals surface area contributed by atoms with Gasteiger partial charge in [0, 0.05) is 16.6 Å². The summed E-state index contributed by atoms with van der Waals surface area (Å²) < 4.78 is 5.47. The van der Waals surface area contributed by atoms with Crippen LogP contribution in [0.4, 0.5) is 0 Å². The van der Waals surface area contributed by atoms with E-state index in [4.69, 9.17) is 4.42 Å². The molecule has 0 saturated heterocycles. The minimum absolute atomic E-state index is 0.299. The molecular formula is C18H13NO2. The van der Waals surface area contributed by atoms with Crippen molar-refractivity contribution < 1.29 is 4.42 Å². The number of aryl methyl sites for hydroxylation is 1. The van der Waals surface area contributed by atoms with Crippen LogP contribution in [0.25, 0.3) is 33.0 Å². The van der Waals surface area contributed by atoms with Gasteiger partial charge in [0.05, 0.1) is 10.9 Å². The second kappa shape index (κ2) is 4.35. The van der Waals surface area contributed by atoms with Gasteiger partial charge in [-0.05, 0) is 24.6 Å². The molecule has 0 radical (unpaired) electrons. The quantitative estimate of drug-likeness (QED) is 0.528. The Morgan fingerprint density at radius 3 is 2.48 bits per heavy atom. The van der Waals surface area contributed by atoms with E-state index in [2.05, 4.69) is 4.98 Å². The zero-order chi connectivity index (χ0) is 14.4. The van der Waals surface area contributed by atoms with Gasteiger partial charge >= 0.3 is 5.63 Å². The van der Waals surface area contributed by atoms with Gasteiger partial charge in [-0.15, -0.1) is 0 Å². The monoisotopic (exact) mass is 275 g/mol. The first-order valence-corrected chi connectivity index (χ1v) is 6.85. The van der Waals surface area contributed by atoms with E-state index in [1.807, 2.05) is 61.5 Å². The molecule has 0 spiro atoms. The number of para-hydroxylation sites is 1. The molecule has 2 heterocycles. The Morgan fingerprint density at radius 2 is 1.67 bits per heavy atom. The van der Waals surface area contributed by atoms with Gasteiger partial charge in [-0.25, -0.2) is 4.79 Å². The Labute approximate surface area is 120 Å². The van der Waals surface area contributed by atoms with Gasteiger partial charge in [-0.3, -0.25) is 0 Å². The Balaban J connectivity index is 2.22. The summed E-state index contributed by atoms with van der Waals surface area (Å²) in [5.74, 6) is 0. The smallest absolute Gasteiger partial charge is 0.346 e. The maximum absolute atomic E-state index is 12.4. The average molecular weight is 275 g/mol. The van der Waals surface area contributed by atoms with Crippen LogP contribution in [-0.4, -0.2) is 4.98 Å². The van der Waals surface area contributed by atoms with E-state index in [9.17, 15) is 4.79 Å². The molecule has 0 fully saturated rings. The van der Waals surface area contributed by atoms with Crippen molar-refractivity contribution in [2.24, 2.45) is 0 Å². The lowest BCUT2D eigenvalue weighted by molar-refractivity contribution is 0.570. The van der Waals surface area contributed by atoms with Crippen molar-refractivity contribution in [1.29, 1.82) is 0 Å². The molecule has 0 saturated carbocycles. The van der Waals surface area contributed by atoms with Crippen LogP contribution in [-0.2, 0) is 0 Å². The minimum atomic E-state index is -0.299. The fourth-order valence-electron chi connectivity index (χ4n) is 2.91. The van der Waals surface area contributed by atoms with Crippen LogP contribution < -0.4 is 5.63 Å². The number of aromatic amines is 1. The Bertz CT molecular complexity index is 1010. The average Bonchev–Trinajstić information content (AvgIpc) is 2.86. The topological polar surface area (TPSA) is 46.0 Å². The summed E-state index contributed by atoms with van der Waals surface area (Å²) in [7, 11) is 0. The van der Waals surface area contributed by atoms with E-state index < -0.39 is 0 Å². The first-order chi connectivity index (χ1) is 10.3. The lowest BCUT2D eigenvalue weighted by Gasteiger charge is -2.01. The van der Waals surface area contributed by atoms with Crippen molar-refractivity contribution in [2.75, 3.05) is 0 Å². The van der Waals surface area contributed by atoms with Gasteiger partial charge in [0.25, 0.3) is 0 Å². The van der Waals surface area contributed by atoms with Gasteiger partial charge in [0.15, 0.2) is 0 Å². The van der Waals surface area contributed by atoms with Crippen molar-refractivity contribution in [2.45, 2.75) is 6.92 Å². The lowest BCUT2D eigenvalue weighted by Crippen LogP contribution is -1.99. The second-order valence-electron chi connectivity index (χ2n) is 5.13. The van der Waals surface area contributed by atoms with Gasteiger partial charge in [0.2, 0.25) is 0 Å². The number of aromatic nitrogens is 1. The minimum Gasteiger partial charge on any atom is -0.422 e. The first-order valence-electron chi connectivity index (χ1n) is 6.85. The van der Waals surface area contributed by atoms with Gasteiger partial charge in [0.1, 0.15) is 5.58 Å². The number of H-pyrrole nitrogens is 1. The molecule has 3 heteroatoms. The molecule has 0 atom stereocenters. The molecule has 2 aromatic carbocycles. The van der Waals surface area contributed by atoms with Crippen LogP contribution in [0.1, 0.15) is 5.69 Å². The SMILES string of the molecule is Cc1[nH]c2c(c1-c1ccccc1)c(=O)oc1ccccc12. The molecule has 3 nitrogen and oxygen atoms in total. The van der Waals surface area contributed by atoms with Crippen molar-refractivity contribution in [3.8, 4) is 11.1 Å².